The normalized spacial score (nSPS) is 15.6. The maximum Gasteiger partial charge on any atom is 0.258 e. The van der Waals surface area contributed by atoms with E-state index < -0.39 is 5.54 Å². The number of nitrogens with two attached hydrogens (primary N) is 1. The minimum atomic E-state index is -0.433. The van der Waals surface area contributed by atoms with Crippen LogP contribution in [0.15, 0.2) is 28.8 Å². The maximum atomic E-state index is 6.29. The second-order valence-electron chi connectivity index (χ2n) is 6.13. The topological polar surface area (TPSA) is 87.1 Å². The van der Waals surface area contributed by atoms with Crippen molar-refractivity contribution in [2.24, 2.45) is 5.73 Å². The third kappa shape index (κ3) is 2.61. The molecule has 126 valence electrons. The lowest BCUT2D eigenvalue weighted by atomic mass is 9.77. The first kappa shape index (κ1) is 16.7. The number of hydrogen-bond acceptors (Lipinski definition) is 6. The number of nitrogens with zero attached hydrogens (tertiary/aromatic N) is 3. The molecule has 2 heterocycles. The Morgan fingerprint density at radius 3 is 2.67 bits per heavy atom. The molecule has 2 N–H and O–H groups in total. The standard InChI is InChI=1S/C17H18N4O2.ClH/c1-10-8-13(12-9-11(22-2)4-5-14(12)19-10)15-20-16(21-23-15)17(18)6-3-7-17;/h4-5,8-9H,3,6-7,18H2,1-2H3;1H. The number of halogens is 1. The van der Waals surface area contributed by atoms with Crippen LogP contribution in [-0.4, -0.2) is 22.2 Å². The van der Waals surface area contributed by atoms with E-state index in [1.165, 1.54) is 0 Å². The lowest BCUT2D eigenvalue weighted by Crippen LogP contribution is -2.44. The zero-order valence-electron chi connectivity index (χ0n) is 13.6. The van der Waals surface area contributed by atoms with Gasteiger partial charge >= 0.3 is 0 Å². The number of pyridine rings is 1. The molecule has 0 radical (unpaired) electrons. The summed E-state index contributed by atoms with van der Waals surface area (Å²) in [5.41, 5.74) is 8.47. The Balaban J connectivity index is 0.00000169. The maximum absolute atomic E-state index is 6.29. The summed E-state index contributed by atoms with van der Waals surface area (Å²) < 4.78 is 10.8. The Morgan fingerprint density at radius 2 is 2.00 bits per heavy atom. The van der Waals surface area contributed by atoms with E-state index in [9.17, 15) is 0 Å². The molecular formula is C17H19ClN4O2. The third-order valence-electron chi connectivity index (χ3n) is 4.49. The van der Waals surface area contributed by atoms with Gasteiger partial charge in [0.1, 0.15) is 5.75 Å². The molecule has 0 amide bonds. The number of rotatable bonds is 3. The van der Waals surface area contributed by atoms with Crippen LogP contribution in [0.1, 0.15) is 30.8 Å². The first-order chi connectivity index (χ1) is 11.1. The summed E-state index contributed by atoms with van der Waals surface area (Å²) in [6, 6.07) is 7.70. The van der Waals surface area contributed by atoms with Crippen molar-refractivity contribution < 1.29 is 9.26 Å². The summed E-state index contributed by atoms with van der Waals surface area (Å²) in [6.45, 7) is 1.95. The first-order valence-electron chi connectivity index (χ1n) is 7.68. The summed E-state index contributed by atoms with van der Waals surface area (Å²) in [6.07, 6.45) is 2.90. The molecular weight excluding hydrogens is 328 g/mol. The minimum absolute atomic E-state index is 0. The summed E-state index contributed by atoms with van der Waals surface area (Å²) in [5, 5.41) is 5.02. The van der Waals surface area contributed by atoms with Crippen molar-refractivity contribution in [3.63, 3.8) is 0 Å². The molecule has 24 heavy (non-hydrogen) atoms. The highest BCUT2D eigenvalue weighted by Gasteiger charge is 2.39. The second-order valence-corrected chi connectivity index (χ2v) is 6.13. The van der Waals surface area contributed by atoms with Gasteiger partial charge in [0.25, 0.3) is 5.89 Å². The summed E-state index contributed by atoms with van der Waals surface area (Å²) in [4.78, 5) is 9.10. The monoisotopic (exact) mass is 346 g/mol. The molecule has 1 fully saturated rings. The number of hydrogen-bond donors (Lipinski definition) is 1. The predicted molar refractivity (Wildman–Crippen MR) is 93.3 cm³/mol. The number of benzene rings is 1. The summed E-state index contributed by atoms with van der Waals surface area (Å²) in [5.74, 6) is 1.82. The highest BCUT2D eigenvalue weighted by molar-refractivity contribution is 5.93. The molecule has 6 nitrogen and oxygen atoms in total. The van der Waals surface area contributed by atoms with Crippen LogP contribution in [0.4, 0.5) is 0 Å². The van der Waals surface area contributed by atoms with Gasteiger partial charge in [0.15, 0.2) is 5.82 Å². The van der Waals surface area contributed by atoms with Crippen molar-refractivity contribution in [3.8, 4) is 17.2 Å². The van der Waals surface area contributed by atoms with Crippen LogP contribution in [0, 0.1) is 6.92 Å². The van der Waals surface area contributed by atoms with Crippen molar-refractivity contribution in [2.45, 2.75) is 31.7 Å². The largest absolute Gasteiger partial charge is 0.497 e. The van der Waals surface area contributed by atoms with Gasteiger partial charge in [-0.1, -0.05) is 5.16 Å². The predicted octanol–water partition coefficient (Wildman–Crippen LogP) is 3.36. The molecule has 2 aromatic heterocycles. The zero-order chi connectivity index (χ0) is 16.0. The molecule has 0 saturated heterocycles. The van der Waals surface area contributed by atoms with E-state index >= 15 is 0 Å². The fourth-order valence-electron chi connectivity index (χ4n) is 2.96. The fourth-order valence-corrected chi connectivity index (χ4v) is 2.96. The van der Waals surface area contributed by atoms with Crippen LogP contribution >= 0.6 is 12.4 Å². The molecule has 0 atom stereocenters. The molecule has 4 rings (SSSR count). The SMILES string of the molecule is COc1ccc2nc(C)cc(-c3nc(C4(N)CCC4)no3)c2c1.Cl. The van der Waals surface area contributed by atoms with Crippen LogP contribution in [0.5, 0.6) is 5.75 Å². The van der Waals surface area contributed by atoms with Crippen molar-refractivity contribution >= 4 is 23.3 Å². The smallest absolute Gasteiger partial charge is 0.258 e. The van der Waals surface area contributed by atoms with Crippen LogP contribution in [0.25, 0.3) is 22.4 Å². The first-order valence-corrected chi connectivity index (χ1v) is 7.68. The van der Waals surface area contributed by atoms with E-state index in [0.717, 1.165) is 47.2 Å². The molecule has 3 aromatic rings. The molecule has 1 aliphatic rings. The zero-order valence-corrected chi connectivity index (χ0v) is 14.4. The van der Waals surface area contributed by atoms with Crippen molar-refractivity contribution in [1.29, 1.82) is 0 Å². The second kappa shape index (κ2) is 6.03. The number of ether oxygens (including phenoxy) is 1. The molecule has 0 aliphatic heterocycles. The fraction of sp³-hybridized carbons (Fsp3) is 0.353. The number of fused-ring (bicyclic) bond motifs is 1. The minimum Gasteiger partial charge on any atom is -0.497 e. The molecule has 1 aromatic carbocycles. The van der Waals surface area contributed by atoms with Gasteiger partial charge in [-0.25, -0.2) is 0 Å². The molecule has 7 heteroatoms. The third-order valence-corrected chi connectivity index (χ3v) is 4.49. The lowest BCUT2D eigenvalue weighted by Gasteiger charge is -2.34. The van der Waals surface area contributed by atoms with Gasteiger partial charge in [-0.05, 0) is 50.5 Å². The molecule has 1 aliphatic carbocycles. The van der Waals surface area contributed by atoms with E-state index in [-0.39, 0.29) is 12.4 Å². The Labute approximate surface area is 145 Å². The van der Waals surface area contributed by atoms with Gasteiger partial charge in [-0.3, -0.25) is 4.98 Å². The molecule has 0 bridgehead atoms. The molecule has 1 saturated carbocycles. The van der Waals surface area contributed by atoms with Crippen LogP contribution in [0.2, 0.25) is 0 Å². The van der Waals surface area contributed by atoms with E-state index in [1.54, 1.807) is 7.11 Å². The van der Waals surface area contributed by atoms with Gasteiger partial charge in [0, 0.05) is 11.1 Å². The summed E-state index contributed by atoms with van der Waals surface area (Å²) >= 11 is 0. The van der Waals surface area contributed by atoms with E-state index in [2.05, 4.69) is 15.1 Å². The Bertz CT molecular complexity index is 889. The molecule has 0 unspecified atom stereocenters. The molecule has 0 spiro atoms. The Kier molecular flexibility index (Phi) is 4.19. The van der Waals surface area contributed by atoms with Gasteiger partial charge in [0.2, 0.25) is 0 Å². The average molecular weight is 347 g/mol. The summed E-state index contributed by atoms with van der Waals surface area (Å²) in [7, 11) is 1.64. The van der Waals surface area contributed by atoms with Crippen LogP contribution < -0.4 is 10.5 Å². The van der Waals surface area contributed by atoms with E-state index in [4.69, 9.17) is 15.0 Å². The van der Waals surface area contributed by atoms with E-state index in [0.29, 0.717) is 11.7 Å². The van der Waals surface area contributed by atoms with Gasteiger partial charge in [-0.2, -0.15) is 4.98 Å². The number of methoxy groups -OCH3 is 1. The van der Waals surface area contributed by atoms with Crippen LogP contribution in [0.3, 0.4) is 0 Å². The van der Waals surface area contributed by atoms with E-state index in [1.807, 2.05) is 31.2 Å². The quantitative estimate of drug-likeness (QED) is 0.782. The van der Waals surface area contributed by atoms with Gasteiger partial charge in [-0.15, -0.1) is 12.4 Å². The van der Waals surface area contributed by atoms with Crippen LogP contribution in [-0.2, 0) is 5.54 Å². The Hall–Kier alpha value is -2.18. The van der Waals surface area contributed by atoms with Crippen molar-refractivity contribution in [3.05, 3.63) is 35.8 Å². The van der Waals surface area contributed by atoms with Gasteiger partial charge < -0.3 is 15.0 Å². The van der Waals surface area contributed by atoms with Crippen molar-refractivity contribution in [1.82, 2.24) is 15.1 Å². The van der Waals surface area contributed by atoms with Gasteiger partial charge in [0.05, 0.1) is 23.7 Å². The van der Waals surface area contributed by atoms with Crippen molar-refractivity contribution in [2.75, 3.05) is 7.11 Å². The Morgan fingerprint density at radius 1 is 1.21 bits per heavy atom. The highest BCUT2D eigenvalue weighted by Crippen LogP contribution is 2.38. The number of aryl methyl sites for hydroxylation is 1. The number of aromatic nitrogens is 3. The highest BCUT2D eigenvalue weighted by atomic mass is 35.5. The lowest BCUT2D eigenvalue weighted by molar-refractivity contribution is 0.229. The average Bonchev–Trinajstić information content (AvgIpc) is 3.01.